The summed E-state index contributed by atoms with van der Waals surface area (Å²) in [6.07, 6.45) is 3.69. The number of carbonyl (C=O) groups is 1. The SMILES string of the molecule is Cc1cc(C[C@@H]2CN(C(=O)CN3CCN(c4ncccn4)CC3)C[C@H]2O)n[nH]1. The van der Waals surface area contributed by atoms with Crippen molar-refractivity contribution >= 4 is 11.9 Å². The highest BCUT2D eigenvalue weighted by Crippen LogP contribution is 2.21. The van der Waals surface area contributed by atoms with E-state index in [4.69, 9.17) is 0 Å². The maximum Gasteiger partial charge on any atom is 0.236 e. The largest absolute Gasteiger partial charge is 0.391 e. The highest BCUT2D eigenvalue weighted by molar-refractivity contribution is 5.78. The van der Waals surface area contributed by atoms with Gasteiger partial charge in [-0.05, 0) is 25.5 Å². The summed E-state index contributed by atoms with van der Waals surface area (Å²) in [5.41, 5.74) is 1.95. The molecule has 0 aromatic carbocycles. The number of hydrogen-bond acceptors (Lipinski definition) is 7. The van der Waals surface area contributed by atoms with Crippen LogP contribution in [0.25, 0.3) is 0 Å². The van der Waals surface area contributed by atoms with Crippen molar-refractivity contribution in [2.24, 2.45) is 5.92 Å². The van der Waals surface area contributed by atoms with Crippen molar-refractivity contribution < 1.29 is 9.90 Å². The zero-order chi connectivity index (χ0) is 19.5. The summed E-state index contributed by atoms with van der Waals surface area (Å²) in [6.45, 7) is 6.56. The van der Waals surface area contributed by atoms with Crippen molar-refractivity contribution in [3.8, 4) is 0 Å². The number of rotatable bonds is 5. The third-order valence-electron chi connectivity index (χ3n) is 5.56. The van der Waals surface area contributed by atoms with Crippen LogP contribution < -0.4 is 4.90 Å². The lowest BCUT2D eigenvalue weighted by Crippen LogP contribution is -2.50. The summed E-state index contributed by atoms with van der Waals surface area (Å²) in [5.74, 6) is 0.871. The Labute approximate surface area is 164 Å². The van der Waals surface area contributed by atoms with Crippen molar-refractivity contribution in [2.45, 2.75) is 19.4 Å². The van der Waals surface area contributed by atoms with Gasteiger partial charge in [0, 0.05) is 63.3 Å². The van der Waals surface area contributed by atoms with Crippen molar-refractivity contribution in [2.75, 3.05) is 50.7 Å². The molecule has 2 saturated heterocycles. The number of aryl methyl sites for hydroxylation is 1. The second kappa shape index (κ2) is 8.24. The van der Waals surface area contributed by atoms with Crippen molar-refractivity contribution in [3.05, 3.63) is 35.9 Å². The van der Waals surface area contributed by atoms with Gasteiger partial charge in [-0.3, -0.25) is 14.8 Å². The van der Waals surface area contributed by atoms with Gasteiger partial charge < -0.3 is 14.9 Å². The molecule has 2 fully saturated rings. The summed E-state index contributed by atoms with van der Waals surface area (Å²) in [7, 11) is 0. The molecule has 2 aromatic rings. The first-order chi connectivity index (χ1) is 13.6. The molecule has 2 N–H and O–H groups in total. The second-order valence-electron chi connectivity index (χ2n) is 7.68. The van der Waals surface area contributed by atoms with Crippen LogP contribution >= 0.6 is 0 Å². The van der Waals surface area contributed by atoms with Crippen LogP contribution in [-0.4, -0.2) is 92.9 Å². The number of aromatic nitrogens is 4. The van der Waals surface area contributed by atoms with Gasteiger partial charge in [0.1, 0.15) is 0 Å². The lowest BCUT2D eigenvalue weighted by Gasteiger charge is -2.34. The van der Waals surface area contributed by atoms with Crippen LogP contribution in [0.1, 0.15) is 11.4 Å². The first-order valence-electron chi connectivity index (χ1n) is 9.79. The average Bonchev–Trinajstić information content (AvgIpc) is 3.29. The van der Waals surface area contributed by atoms with E-state index in [1.54, 1.807) is 17.3 Å². The molecule has 0 unspecified atom stereocenters. The molecule has 150 valence electrons. The molecule has 0 spiro atoms. The number of nitrogens with one attached hydrogen (secondary N) is 1. The smallest absolute Gasteiger partial charge is 0.236 e. The highest BCUT2D eigenvalue weighted by atomic mass is 16.3. The van der Waals surface area contributed by atoms with Gasteiger partial charge in [0.15, 0.2) is 0 Å². The molecular weight excluding hydrogens is 358 g/mol. The number of H-pyrrole nitrogens is 1. The Kier molecular flexibility index (Phi) is 5.54. The van der Waals surface area contributed by atoms with E-state index in [1.165, 1.54) is 0 Å². The summed E-state index contributed by atoms with van der Waals surface area (Å²) in [5, 5.41) is 17.6. The number of amides is 1. The Hall–Kier alpha value is -2.52. The number of aromatic amines is 1. The van der Waals surface area contributed by atoms with Crippen LogP contribution in [0.3, 0.4) is 0 Å². The number of aliphatic hydroxyl groups is 1. The monoisotopic (exact) mass is 385 g/mol. The number of piperazine rings is 1. The third-order valence-corrected chi connectivity index (χ3v) is 5.56. The van der Waals surface area contributed by atoms with Gasteiger partial charge in [0.2, 0.25) is 11.9 Å². The molecule has 2 atom stereocenters. The summed E-state index contributed by atoms with van der Waals surface area (Å²) < 4.78 is 0. The van der Waals surface area contributed by atoms with E-state index in [0.717, 1.165) is 43.5 Å². The summed E-state index contributed by atoms with van der Waals surface area (Å²) >= 11 is 0. The minimum absolute atomic E-state index is 0.0405. The predicted molar refractivity (Wildman–Crippen MR) is 104 cm³/mol. The topological polar surface area (TPSA) is 101 Å². The van der Waals surface area contributed by atoms with E-state index in [2.05, 4.69) is 30.0 Å². The molecule has 4 rings (SSSR count). The van der Waals surface area contributed by atoms with Crippen LogP contribution in [0.4, 0.5) is 5.95 Å². The molecule has 28 heavy (non-hydrogen) atoms. The van der Waals surface area contributed by atoms with E-state index in [-0.39, 0.29) is 11.8 Å². The molecule has 2 aliphatic heterocycles. The molecular formula is C19H27N7O2. The van der Waals surface area contributed by atoms with Gasteiger partial charge in [0.05, 0.1) is 18.3 Å². The zero-order valence-corrected chi connectivity index (χ0v) is 16.2. The zero-order valence-electron chi connectivity index (χ0n) is 16.2. The van der Waals surface area contributed by atoms with Gasteiger partial charge in [0.25, 0.3) is 0 Å². The Morgan fingerprint density at radius 1 is 1.21 bits per heavy atom. The van der Waals surface area contributed by atoms with Crippen LogP contribution in [0.5, 0.6) is 0 Å². The Bertz CT molecular complexity index is 789. The van der Waals surface area contributed by atoms with Gasteiger partial charge in [-0.2, -0.15) is 5.10 Å². The Morgan fingerprint density at radius 3 is 2.64 bits per heavy atom. The minimum Gasteiger partial charge on any atom is -0.391 e. The summed E-state index contributed by atoms with van der Waals surface area (Å²) in [6, 6.07) is 3.80. The molecule has 9 nitrogen and oxygen atoms in total. The number of carbonyl (C=O) groups excluding carboxylic acids is 1. The van der Waals surface area contributed by atoms with E-state index in [9.17, 15) is 9.90 Å². The van der Waals surface area contributed by atoms with E-state index >= 15 is 0 Å². The highest BCUT2D eigenvalue weighted by Gasteiger charge is 2.35. The molecule has 9 heteroatoms. The van der Waals surface area contributed by atoms with Crippen molar-refractivity contribution in [1.82, 2.24) is 30.0 Å². The number of aliphatic hydroxyl groups excluding tert-OH is 1. The first-order valence-corrected chi connectivity index (χ1v) is 9.79. The summed E-state index contributed by atoms with van der Waals surface area (Å²) in [4.78, 5) is 27.4. The van der Waals surface area contributed by atoms with Crippen molar-refractivity contribution in [1.29, 1.82) is 0 Å². The average molecular weight is 385 g/mol. The number of β-amino-alcohol motifs (C(OH)–C–C–N with tert-alkyl or cyclic N) is 1. The fourth-order valence-corrected chi connectivity index (χ4v) is 3.96. The van der Waals surface area contributed by atoms with Crippen LogP contribution in [0.15, 0.2) is 24.5 Å². The molecule has 1 amide bonds. The second-order valence-corrected chi connectivity index (χ2v) is 7.68. The van der Waals surface area contributed by atoms with Crippen LogP contribution in [0.2, 0.25) is 0 Å². The van der Waals surface area contributed by atoms with E-state index in [0.29, 0.717) is 26.1 Å². The number of anilines is 1. The minimum atomic E-state index is -0.493. The molecule has 0 saturated carbocycles. The van der Waals surface area contributed by atoms with Gasteiger partial charge in [-0.1, -0.05) is 0 Å². The lowest BCUT2D eigenvalue weighted by atomic mass is 10.0. The third kappa shape index (κ3) is 4.31. The number of nitrogens with zero attached hydrogens (tertiary/aromatic N) is 6. The van der Waals surface area contributed by atoms with Gasteiger partial charge >= 0.3 is 0 Å². The normalized spacial score (nSPS) is 23.4. The van der Waals surface area contributed by atoms with Crippen LogP contribution in [-0.2, 0) is 11.2 Å². The maximum absolute atomic E-state index is 12.7. The molecule has 2 aromatic heterocycles. The quantitative estimate of drug-likeness (QED) is 0.728. The Morgan fingerprint density at radius 2 is 1.96 bits per heavy atom. The fourth-order valence-electron chi connectivity index (χ4n) is 3.96. The molecule has 4 heterocycles. The predicted octanol–water partition coefficient (Wildman–Crippen LogP) is -0.308. The lowest BCUT2D eigenvalue weighted by molar-refractivity contribution is -0.131. The first kappa shape index (κ1) is 18.8. The fraction of sp³-hybridized carbons (Fsp3) is 0.579. The Balaban J connectivity index is 1.25. The van der Waals surface area contributed by atoms with E-state index in [1.807, 2.05) is 19.1 Å². The van der Waals surface area contributed by atoms with Crippen molar-refractivity contribution in [3.63, 3.8) is 0 Å². The van der Waals surface area contributed by atoms with E-state index < -0.39 is 6.10 Å². The molecule has 0 aliphatic carbocycles. The number of likely N-dealkylation sites (tertiary alicyclic amines) is 1. The maximum atomic E-state index is 12.7. The standard InChI is InChI=1S/C19H27N7O2/c1-14-9-16(23-22-14)10-15-11-26(12-17(15)27)18(28)13-24-5-7-25(8-6-24)19-20-3-2-4-21-19/h2-4,9,15,17,27H,5-8,10-13H2,1H3,(H,22,23)/t15-,17-/m1/s1. The number of hydrogen-bond donors (Lipinski definition) is 2. The molecule has 0 radical (unpaired) electrons. The van der Waals surface area contributed by atoms with Crippen LogP contribution in [0, 0.1) is 12.8 Å². The van der Waals surface area contributed by atoms with Gasteiger partial charge in [-0.25, -0.2) is 9.97 Å². The van der Waals surface area contributed by atoms with Gasteiger partial charge in [-0.15, -0.1) is 0 Å². The molecule has 0 bridgehead atoms. The molecule has 2 aliphatic rings.